The van der Waals surface area contributed by atoms with Crippen molar-refractivity contribution in [1.29, 1.82) is 0 Å². The zero-order valence-corrected chi connectivity index (χ0v) is 10.6. The number of nitrogens with zero attached hydrogens (tertiary/aromatic N) is 1. The second-order valence-electron chi connectivity index (χ2n) is 4.38. The Kier molecular flexibility index (Phi) is 5.25. The van der Waals surface area contributed by atoms with Crippen molar-refractivity contribution in [2.75, 3.05) is 19.8 Å². The van der Waals surface area contributed by atoms with E-state index in [2.05, 4.69) is 0 Å². The molecule has 0 saturated carbocycles. The number of amides is 1. The van der Waals surface area contributed by atoms with Gasteiger partial charge in [0.05, 0.1) is 31.7 Å². The van der Waals surface area contributed by atoms with Gasteiger partial charge in [0.15, 0.2) is 0 Å². The molecule has 0 aromatic rings. The van der Waals surface area contributed by atoms with Gasteiger partial charge < -0.3 is 25.6 Å². The molecule has 1 saturated heterocycles. The van der Waals surface area contributed by atoms with E-state index in [4.69, 9.17) is 20.7 Å². The summed E-state index contributed by atoms with van der Waals surface area (Å²) in [7, 11) is 0. The molecule has 0 aromatic carbocycles. The maximum Gasteiger partial charge on any atom is 0.311 e. The molecule has 3 atom stereocenters. The van der Waals surface area contributed by atoms with E-state index >= 15 is 0 Å². The number of aliphatic carboxylic acids is 2. The predicted octanol–water partition coefficient (Wildman–Crippen LogP) is -1.26. The summed E-state index contributed by atoms with van der Waals surface area (Å²) in [6.07, 6.45) is -0.485. The van der Waals surface area contributed by atoms with Crippen LogP contribution in [0.25, 0.3) is 0 Å². The molecular formula is C11H18N2O6. The van der Waals surface area contributed by atoms with Crippen molar-refractivity contribution in [3.63, 3.8) is 0 Å². The fraction of sp³-hybridized carbons (Fsp3) is 0.727. The number of hydrogen-bond acceptors (Lipinski definition) is 5. The molecule has 0 radical (unpaired) electrons. The Morgan fingerprint density at radius 3 is 2.47 bits per heavy atom. The summed E-state index contributed by atoms with van der Waals surface area (Å²) in [6.45, 7) is 2.10. The zero-order chi connectivity index (χ0) is 14.6. The molecular weight excluding hydrogens is 256 g/mol. The summed E-state index contributed by atoms with van der Waals surface area (Å²) in [5.74, 6) is -3.58. The minimum Gasteiger partial charge on any atom is -0.481 e. The van der Waals surface area contributed by atoms with Gasteiger partial charge in [-0.3, -0.25) is 14.4 Å². The molecule has 0 aliphatic carbocycles. The summed E-state index contributed by atoms with van der Waals surface area (Å²) >= 11 is 0. The van der Waals surface area contributed by atoms with E-state index in [-0.39, 0.29) is 19.8 Å². The van der Waals surface area contributed by atoms with Crippen molar-refractivity contribution in [2.24, 2.45) is 11.7 Å². The van der Waals surface area contributed by atoms with Crippen LogP contribution in [0.4, 0.5) is 0 Å². The molecule has 1 amide bonds. The second kappa shape index (κ2) is 6.48. The normalized spacial score (nSPS) is 23.9. The van der Waals surface area contributed by atoms with Crippen LogP contribution in [0.15, 0.2) is 0 Å². The minimum absolute atomic E-state index is 0.0396. The van der Waals surface area contributed by atoms with Crippen LogP contribution in [0, 0.1) is 5.92 Å². The number of ether oxygens (including phenoxy) is 1. The first-order valence-corrected chi connectivity index (χ1v) is 5.96. The second-order valence-corrected chi connectivity index (χ2v) is 4.38. The third kappa shape index (κ3) is 3.65. The number of likely N-dealkylation sites (N-methyl/N-ethyl adjacent to an activating group) is 1. The molecule has 19 heavy (non-hydrogen) atoms. The van der Waals surface area contributed by atoms with Crippen molar-refractivity contribution in [1.82, 2.24) is 4.90 Å². The van der Waals surface area contributed by atoms with Gasteiger partial charge in [-0.05, 0) is 6.92 Å². The van der Waals surface area contributed by atoms with Crippen LogP contribution >= 0.6 is 0 Å². The predicted molar refractivity (Wildman–Crippen MR) is 63.3 cm³/mol. The smallest absolute Gasteiger partial charge is 0.311 e. The molecule has 1 fully saturated rings. The van der Waals surface area contributed by atoms with E-state index in [0.29, 0.717) is 0 Å². The summed E-state index contributed by atoms with van der Waals surface area (Å²) in [5.41, 5.74) is 5.52. The highest BCUT2D eigenvalue weighted by atomic mass is 16.5. The van der Waals surface area contributed by atoms with Gasteiger partial charge in [0.2, 0.25) is 5.91 Å². The largest absolute Gasteiger partial charge is 0.481 e. The Morgan fingerprint density at radius 2 is 2.00 bits per heavy atom. The van der Waals surface area contributed by atoms with Gasteiger partial charge in [-0.15, -0.1) is 0 Å². The summed E-state index contributed by atoms with van der Waals surface area (Å²) in [6, 6.07) is -1.78. The third-order valence-corrected chi connectivity index (χ3v) is 3.10. The number of carboxylic acid groups (broad SMARTS) is 2. The van der Waals surface area contributed by atoms with Gasteiger partial charge in [0.25, 0.3) is 0 Å². The Morgan fingerprint density at radius 1 is 1.37 bits per heavy atom. The monoisotopic (exact) mass is 274 g/mol. The number of carbonyl (C=O) groups excluding carboxylic acids is 1. The van der Waals surface area contributed by atoms with Crippen molar-refractivity contribution in [2.45, 2.75) is 25.4 Å². The zero-order valence-electron chi connectivity index (χ0n) is 10.6. The number of nitrogens with two attached hydrogens (primary N) is 1. The quantitative estimate of drug-likeness (QED) is 0.550. The number of hydrogen-bond donors (Lipinski definition) is 3. The summed E-state index contributed by atoms with van der Waals surface area (Å²) < 4.78 is 5.09. The van der Waals surface area contributed by atoms with Gasteiger partial charge in [-0.1, -0.05) is 0 Å². The van der Waals surface area contributed by atoms with Gasteiger partial charge in [0, 0.05) is 6.54 Å². The van der Waals surface area contributed by atoms with Crippen LogP contribution in [0.3, 0.4) is 0 Å². The molecule has 1 rings (SSSR count). The van der Waals surface area contributed by atoms with Crippen molar-refractivity contribution in [3.8, 4) is 0 Å². The topological polar surface area (TPSA) is 130 Å². The van der Waals surface area contributed by atoms with E-state index in [0.717, 1.165) is 0 Å². The molecule has 8 nitrogen and oxygen atoms in total. The van der Waals surface area contributed by atoms with Gasteiger partial charge >= 0.3 is 11.9 Å². The Labute approximate surface area is 110 Å². The highest BCUT2D eigenvalue weighted by Crippen LogP contribution is 2.20. The fourth-order valence-corrected chi connectivity index (χ4v) is 2.13. The lowest BCUT2D eigenvalue weighted by molar-refractivity contribution is -0.147. The molecule has 108 valence electrons. The van der Waals surface area contributed by atoms with E-state index in [1.54, 1.807) is 6.92 Å². The van der Waals surface area contributed by atoms with Crippen LogP contribution < -0.4 is 5.73 Å². The highest BCUT2D eigenvalue weighted by Gasteiger charge is 2.40. The first-order valence-electron chi connectivity index (χ1n) is 5.96. The van der Waals surface area contributed by atoms with Crippen LogP contribution in [0.5, 0.6) is 0 Å². The van der Waals surface area contributed by atoms with Gasteiger partial charge in [-0.25, -0.2) is 0 Å². The van der Waals surface area contributed by atoms with E-state index < -0.39 is 42.3 Å². The SMILES string of the molecule is CCN(C(=O)C(N)CC(=O)O)C1COCC1C(=O)O. The molecule has 0 spiro atoms. The van der Waals surface area contributed by atoms with Crippen LogP contribution in [0.1, 0.15) is 13.3 Å². The molecule has 3 unspecified atom stereocenters. The molecule has 8 heteroatoms. The number of carbonyl (C=O) groups is 3. The molecule has 0 bridgehead atoms. The molecule has 1 aliphatic rings. The first kappa shape index (κ1) is 15.4. The summed E-state index contributed by atoms with van der Waals surface area (Å²) in [4.78, 5) is 35.0. The number of carboxylic acids is 2. The lowest BCUT2D eigenvalue weighted by Gasteiger charge is -2.31. The van der Waals surface area contributed by atoms with Gasteiger partial charge in [-0.2, -0.15) is 0 Å². The number of rotatable bonds is 6. The van der Waals surface area contributed by atoms with Crippen LogP contribution in [-0.4, -0.2) is 64.8 Å². The van der Waals surface area contributed by atoms with E-state index in [1.807, 2.05) is 0 Å². The molecule has 4 N–H and O–H groups in total. The van der Waals surface area contributed by atoms with Crippen molar-refractivity contribution >= 4 is 17.8 Å². The maximum atomic E-state index is 12.1. The average molecular weight is 274 g/mol. The van der Waals surface area contributed by atoms with E-state index in [1.165, 1.54) is 4.90 Å². The Bertz CT molecular complexity index is 372. The lowest BCUT2D eigenvalue weighted by Crippen LogP contribution is -2.52. The maximum absolute atomic E-state index is 12.1. The molecule has 1 heterocycles. The van der Waals surface area contributed by atoms with Crippen LogP contribution in [-0.2, 0) is 19.1 Å². The summed E-state index contributed by atoms with van der Waals surface area (Å²) in [5, 5.41) is 17.7. The first-order chi connectivity index (χ1) is 8.88. The Hall–Kier alpha value is -1.67. The molecule has 1 aliphatic heterocycles. The third-order valence-electron chi connectivity index (χ3n) is 3.10. The van der Waals surface area contributed by atoms with Crippen molar-refractivity contribution < 1.29 is 29.3 Å². The standard InChI is InChI=1S/C11H18N2O6/c1-2-13(10(16)7(12)3-9(14)15)8-5-19-4-6(8)11(17)18/h6-8H,2-5,12H2,1H3,(H,14,15)(H,17,18). The lowest BCUT2D eigenvalue weighted by atomic mass is 10.0. The van der Waals surface area contributed by atoms with E-state index in [9.17, 15) is 14.4 Å². The fourth-order valence-electron chi connectivity index (χ4n) is 2.13. The van der Waals surface area contributed by atoms with Gasteiger partial charge in [0.1, 0.15) is 5.92 Å². The average Bonchev–Trinajstić information content (AvgIpc) is 2.78. The van der Waals surface area contributed by atoms with Crippen LogP contribution in [0.2, 0.25) is 0 Å². The highest BCUT2D eigenvalue weighted by molar-refractivity contribution is 5.86. The Balaban J connectivity index is 2.79. The minimum atomic E-state index is -1.17. The van der Waals surface area contributed by atoms with Crippen molar-refractivity contribution in [3.05, 3.63) is 0 Å². The molecule has 0 aromatic heterocycles.